The molecule has 0 spiro atoms. The number of hydrogen-bond acceptors (Lipinski definition) is 3. The highest BCUT2D eigenvalue weighted by Gasteiger charge is 2.19. The second kappa shape index (κ2) is 8.86. The van der Waals surface area contributed by atoms with Crippen molar-refractivity contribution < 1.29 is 14.3 Å². The van der Waals surface area contributed by atoms with Crippen molar-refractivity contribution in [2.45, 2.75) is 38.2 Å². The minimum absolute atomic E-state index is 0.0595. The largest absolute Gasteiger partial charge is 0.493 e. The molecule has 0 radical (unpaired) electrons. The lowest BCUT2D eigenvalue weighted by Gasteiger charge is -2.17. The number of methoxy groups -OCH3 is 1. The van der Waals surface area contributed by atoms with Crippen LogP contribution in [0, 0.1) is 0 Å². The lowest BCUT2D eigenvalue weighted by atomic mass is 10.1. The lowest BCUT2D eigenvalue weighted by Crippen LogP contribution is -2.15. The van der Waals surface area contributed by atoms with Crippen LogP contribution in [-0.4, -0.2) is 23.7 Å². The monoisotopic (exact) mass is 390 g/mol. The van der Waals surface area contributed by atoms with Gasteiger partial charge in [-0.15, -0.1) is 0 Å². The van der Waals surface area contributed by atoms with Crippen molar-refractivity contribution in [3.8, 4) is 17.2 Å². The number of ether oxygens (including phenoxy) is 2. The smallest absolute Gasteiger partial charge is 0.228 e. The van der Waals surface area contributed by atoms with E-state index in [-0.39, 0.29) is 12.0 Å². The van der Waals surface area contributed by atoms with E-state index in [1.165, 1.54) is 12.8 Å². The average Bonchev–Trinajstić information content (AvgIpc) is 3.43. The van der Waals surface area contributed by atoms with Gasteiger partial charge in [0, 0.05) is 29.8 Å². The van der Waals surface area contributed by atoms with E-state index in [1.807, 2.05) is 71.6 Å². The van der Waals surface area contributed by atoms with Crippen molar-refractivity contribution in [3.05, 3.63) is 72.6 Å². The highest BCUT2D eigenvalue weighted by molar-refractivity contribution is 5.92. The molecule has 150 valence electrons. The van der Waals surface area contributed by atoms with Gasteiger partial charge in [-0.3, -0.25) is 4.79 Å². The summed E-state index contributed by atoms with van der Waals surface area (Å²) < 4.78 is 13.6. The molecule has 1 fully saturated rings. The number of anilines is 1. The fourth-order valence-electron chi connectivity index (χ4n) is 3.72. The molecule has 1 aliphatic rings. The molecular weight excluding hydrogens is 364 g/mol. The van der Waals surface area contributed by atoms with Gasteiger partial charge in [0.15, 0.2) is 11.5 Å². The van der Waals surface area contributed by atoms with Crippen molar-refractivity contribution in [2.24, 2.45) is 0 Å². The van der Waals surface area contributed by atoms with Gasteiger partial charge in [0.25, 0.3) is 0 Å². The van der Waals surface area contributed by atoms with Crippen LogP contribution in [0.25, 0.3) is 5.69 Å². The van der Waals surface area contributed by atoms with Gasteiger partial charge in [-0.05, 0) is 67.6 Å². The average molecular weight is 390 g/mol. The first kappa shape index (κ1) is 19.1. The van der Waals surface area contributed by atoms with Crippen LogP contribution in [0.5, 0.6) is 11.5 Å². The molecule has 29 heavy (non-hydrogen) atoms. The minimum atomic E-state index is -0.0595. The van der Waals surface area contributed by atoms with Gasteiger partial charge in [-0.25, -0.2) is 0 Å². The molecule has 0 atom stereocenters. The molecule has 1 aromatic heterocycles. The number of nitrogens with one attached hydrogen (secondary N) is 1. The molecule has 0 unspecified atom stereocenters. The Morgan fingerprint density at radius 3 is 2.45 bits per heavy atom. The second-order valence-electron chi connectivity index (χ2n) is 7.37. The zero-order valence-electron chi connectivity index (χ0n) is 16.6. The molecule has 5 nitrogen and oxygen atoms in total. The summed E-state index contributed by atoms with van der Waals surface area (Å²) in [6.07, 6.45) is 9.08. The van der Waals surface area contributed by atoms with Crippen molar-refractivity contribution in [1.82, 2.24) is 4.57 Å². The Balaban J connectivity index is 1.39. The molecule has 1 N–H and O–H groups in total. The summed E-state index contributed by atoms with van der Waals surface area (Å²) in [5.74, 6) is 1.32. The predicted molar refractivity (Wildman–Crippen MR) is 114 cm³/mol. The molecular formula is C24H26N2O3. The van der Waals surface area contributed by atoms with E-state index in [0.29, 0.717) is 23.6 Å². The highest BCUT2D eigenvalue weighted by Crippen LogP contribution is 2.34. The number of amides is 1. The molecule has 3 aromatic rings. The summed E-state index contributed by atoms with van der Waals surface area (Å²) in [6.45, 7) is 0. The van der Waals surface area contributed by atoms with Crippen LogP contribution in [-0.2, 0) is 11.2 Å². The fourth-order valence-corrected chi connectivity index (χ4v) is 3.72. The van der Waals surface area contributed by atoms with E-state index in [9.17, 15) is 4.79 Å². The van der Waals surface area contributed by atoms with Gasteiger partial charge in [0.1, 0.15) is 0 Å². The number of carbonyl (C=O) groups is 1. The van der Waals surface area contributed by atoms with Crippen LogP contribution in [0.15, 0.2) is 67.0 Å². The highest BCUT2D eigenvalue weighted by atomic mass is 16.5. The molecule has 1 aliphatic carbocycles. The summed E-state index contributed by atoms with van der Waals surface area (Å²) >= 11 is 0. The molecule has 1 saturated carbocycles. The maximum atomic E-state index is 12.5. The van der Waals surface area contributed by atoms with E-state index in [0.717, 1.165) is 24.1 Å². The van der Waals surface area contributed by atoms with Gasteiger partial charge < -0.3 is 19.4 Å². The molecule has 4 rings (SSSR count). The van der Waals surface area contributed by atoms with Crippen LogP contribution >= 0.6 is 0 Å². The molecule has 0 saturated heterocycles. The first-order valence-corrected chi connectivity index (χ1v) is 10.1. The summed E-state index contributed by atoms with van der Waals surface area (Å²) in [6, 6.07) is 17.5. The van der Waals surface area contributed by atoms with Gasteiger partial charge in [-0.2, -0.15) is 0 Å². The van der Waals surface area contributed by atoms with Crippen LogP contribution in [0.3, 0.4) is 0 Å². The van der Waals surface area contributed by atoms with Crippen LogP contribution in [0.1, 0.15) is 31.2 Å². The van der Waals surface area contributed by atoms with Gasteiger partial charge in [0.2, 0.25) is 5.91 Å². The third-order valence-corrected chi connectivity index (χ3v) is 5.25. The molecule has 0 aliphatic heterocycles. The Labute approximate surface area is 171 Å². The first-order chi connectivity index (χ1) is 14.2. The van der Waals surface area contributed by atoms with Crippen molar-refractivity contribution in [3.63, 3.8) is 0 Å². The Kier molecular flexibility index (Phi) is 5.84. The number of rotatable bonds is 7. The SMILES string of the molecule is COc1ccc(NC(=O)Cc2ccc(-n3cccc3)cc2)cc1OC1CCCC1. The number of carbonyl (C=O) groups excluding carboxylic acids is 1. The minimum Gasteiger partial charge on any atom is -0.493 e. The summed E-state index contributed by atoms with van der Waals surface area (Å²) in [7, 11) is 1.63. The van der Waals surface area contributed by atoms with E-state index in [4.69, 9.17) is 9.47 Å². The molecule has 2 aromatic carbocycles. The maximum absolute atomic E-state index is 12.5. The molecule has 1 heterocycles. The zero-order valence-corrected chi connectivity index (χ0v) is 16.6. The Hall–Kier alpha value is -3.21. The normalized spacial score (nSPS) is 14.0. The number of aromatic nitrogens is 1. The van der Waals surface area contributed by atoms with Gasteiger partial charge >= 0.3 is 0 Å². The van der Waals surface area contributed by atoms with Crippen LogP contribution < -0.4 is 14.8 Å². The zero-order chi connectivity index (χ0) is 20.1. The Morgan fingerprint density at radius 1 is 1.03 bits per heavy atom. The van der Waals surface area contributed by atoms with E-state index in [2.05, 4.69) is 5.32 Å². The topological polar surface area (TPSA) is 52.5 Å². The lowest BCUT2D eigenvalue weighted by molar-refractivity contribution is -0.115. The van der Waals surface area contributed by atoms with Crippen LogP contribution in [0.2, 0.25) is 0 Å². The third kappa shape index (κ3) is 4.80. The summed E-state index contributed by atoms with van der Waals surface area (Å²) in [5.41, 5.74) is 2.75. The Morgan fingerprint density at radius 2 is 1.76 bits per heavy atom. The third-order valence-electron chi connectivity index (χ3n) is 5.25. The summed E-state index contributed by atoms with van der Waals surface area (Å²) in [5, 5.41) is 2.97. The quantitative estimate of drug-likeness (QED) is 0.618. The number of hydrogen-bond donors (Lipinski definition) is 1. The van der Waals surface area contributed by atoms with E-state index < -0.39 is 0 Å². The van der Waals surface area contributed by atoms with Crippen molar-refractivity contribution in [2.75, 3.05) is 12.4 Å². The molecule has 0 bridgehead atoms. The molecule has 1 amide bonds. The number of benzene rings is 2. The van der Waals surface area contributed by atoms with Gasteiger partial charge in [0.05, 0.1) is 19.6 Å². The Bertz CT molecular complexity index is 943. The number of nitrogens with zero attached hydrogens (tertiary/aromatic N) is 1. The second-order valence-corrected chi connectivity index (χ2v) is 7.37. The van der Waals surface area contributed by atoms with Gasteiger partial charge in [-0.1, -0.05) is 12.1 Å². The summed E-state index contributed by atoms with van der Waals surface area (Å²) in [4.78, 5) is 12.5. The maximum Gasteiger partial charge on any atom is 0.228 e. The van der Waals surface area contributed by atoms with Crippen molar-refractivity contribution in [1.29, 1.82) is 0 Å². The van der Waals surface area contributed by atoms with Crippen LogP contribution in [0.4, 0.5) is 5.69 Å². The predicted octanol–water partition coefficient (Wildman–Crippen LogP) is 4.99. The van der Waals surface area contributed by atoms with Crippen molar-refractivity contribution >= 4 is 11.6 Å². The first-order valence-electron chi connectivity index (χ1n) is 10.1. The fraction of sp³-hybridized carbons (Fsp3) is 0.292. The molecule has 5 heteroatoms. The van der Waals surface area contributed by atoms with E-state index >= 15 is 0 Å². The standard InChI is InChI=1S/C24H26N2O3/c1-28-22-13-10-19(17-23(22)29-21-6-2-3-7-21)25-24(27)16-18-8-11-20(12-9-18)26-14-4-5-15-26/h4-5,8-15,17,21H,2-3,6-7,16H2,1H3,(H,25,27). The van der Waals surface area contributed by atoms with E-state index in [1.54, 1.807) is 7.11 Å².